The number of hydrogen-bond donors (Lipinski definition) is 5. The van der Waals surface area contributed by atoms with Gasteiger partial charge in [-0.2, -0.15) is 0 Å². The van der Waals surface area contributed by atoms with Crippen molar-refractivity contribution in [2.75, 3.05) is 6.54 Å². The van der Waals surface area contributed by atoms with E-state index in [2.05, 4.69) is 10.1 Å². The van der Waals surface area contributed by atoms with Gasteiger partial charge in [-0.1, -0.05) is 19.3 Å². The molecule has 0 fully saturated rings. The number of hydrogen-bond acceptors (Lipinski definition) is 13. The van der Waals surface area contributed by atoms with Gasteiger partial charge >= 0.3 is 36.3 Å². The largest absolute Gasteiger partial charge is 0.519 e. The Labute approximate surface area is 291 Å². The summed E-state index contributed by atoms with van der Waals surface area (Å²) in [6.07, 6.45) is 1.76. The number of alkyl carbamates (subject to hydrolysis) is 1. The average Bonchev–Trinajstić information content (AvgIpc) is 2.83. The molecule has 0 saturated carbocycles. The average molecular weight is 710 g/mol. The zero-order valence-corrected chi connectivity index (χ0v) is 31.6. The van der Waals surface area contributed by atoms with E-state index < -0.39 is 64.8 Å². The van der Waals surface area contributed by atoms with Crippen molar-refractivity contribution >= 4 is 36.3 Å². The van der Waals surface area contributed by atoms with Crippen LogP contribution in [0.1, 0.15) is 134 Å². The third-order valence-electron chi connectivity index (χ3n) is 5.01. The van der Waals surface area contributed by atoms with Crippen molar-refractivity contribution in [1.82, 2.24) is 5.32 Å². The van der Waals surface area contributed by atoms with Crippen LogP contribution < -0.4 is 16.8 Å². The predicted octanol–water partition coefficient (Wildman–Crippen LogP) is 5.66. The molecule has 0 aromatic carbocycles. The molecule has 16 heteroatoms. The number of carboxylic acid groups (broad SMARTS) is 2. The summed E-state index contributed by atoms with van der Waals surface area (Å²) in [4.78, 5) is 66.5. The molecular formula is C33H63N3O13. The van der Waals surface area contributed by atoms with Gasteiger partial charge in [-0.3, -0.25) is 9.59 Å². The van der Waals surface area contributed by atoms with E-state index in [1.54, 1.807) is 62.3 Å². The molecule has 0 heterocycles. The highest BCUT2D eigenvalue weighted by atomic mass is 16.8. The SMILES string of the molecule is CC(C)(C)OC(=O)CCCCCC(NC(=O)OC(C)(C)C)C(=O)O.CC(C)(C)OC(=O)OC(=O)OC(C)(C)C.NCCCCC(N)C(=O)O. The number of carbonyl (C=O) groups is 6. The Hall–Kier alpha value is -3.66. The molecule has 0 aromatic heterocycles. The van der Waals surface area contributed by atoms with E-state index >= 15 is 0 Å². The Morgan fingerprint density at radius 1 is 0.592 bits per heavy atom. The standard InChI is InChI=1S/C17H31NO6.C10H18O5.C6H14N2O2/c1-16(2,3)23-13(19)11-9-7-8-10-12(14(20)21)18-15(22)24-17(4,5)6;1-9(2,3)14-7(11)13-8(12)15-10(4,5)6;7-4-2-1-3-5(8)6(9)10/h12H,7-11H2,1-6H3,(H,18,22)(H,20,21);1-6H3;5H,1-4,7-8H2,(H,9,10). The summed E-state index contributed by atoms with van der Waals surface area (Å²) < 4.78 is 24.0. The van der Waals surface area contributed by atoms with Crippen molar-refractivity contribution in [3.63, 3.8) is 0 Å². The Morgan fingerprint density at radius 2 is 1.02 bits per heavy atom. The number of carbonyl (C=O) groups excluding carboxylic acids is 4. The second-order valence-electron chi connectivity index (χ2n) is 15.0. The minimum atomic E-state index is -1.10. The van der Waals surface area contributed by atoms with Crippen LogP contribution in [0.3, 0.4) is 0 Å². The lowest BCUT2D eigenvalue weighted by Gasteiger charge is -2.22. The lowest BCUT2D eigenvalue weighted by Crippen LogP contribution is -2.43. The van der Waals surface area contributed by atoms with Gasteiger partial charge in [0.1, 0.15) is 34.5 Å². The summed E-state index contributed by atoms with van der Waals surface area (Å²) >= 11 is 0. The van der Waals surface area contributed by atoms with Crippen molar-refractivity contribution in [2.24, 2.45) is 11.5 Å². The Morgan fingerprint density at radius 3 is 1.39 bits per heavy atom. The fourth-order valence-corrected chi connectivity index (χ4v) is 3.14. The summed E-state index contributed by atoms with van der Waals surface area (Å²) in [5.41, 5.74) is 7.85. The van der Waals surface area contributed by atoms with Crippen LogP contribution in [-0.2, 0) is 38.1 Å². The number of ether oxygens (including phenoxy) is 5. The van der Waals surface area contributed by atoms with E-state index in [0.29, 0.717) is 38.6 Å². The molecule has 7 N–H and O–H groups in total. The van der Waals surface area contributed by atoms with E-state index in [9.17, 15) is 28.8 Å². The normalized spacial score (nSPS) is 12.7. The monoisotopic (exact) mass is 709 g/mol. The molecule has 0 rings (SSSR count). The molecule has 0 bridgehead atoms. The maximum Gasteiger partial charge on any atom is 0.519 e. The van der Waals surface area contributed by atoms with Gasteiger partial charge in [-0.15, -0.1) is 0 Å². The molecule has 2 unspecified atom stereocenters. The van der Waals surface area contributed by atoms with Gasteiger partial charge in [-0.25, -0.2) is 19.2 Å². The van der Waals surface area contributed by atoms with Crippen molar-refractivity contribution in [3.05, 3.63) is 0 Å². The molecule has 0 aromatic rings. The Balaban J connectivity index is -0.000000719. The van der Waals surface area contributed by atoms with Crippen LogP contribution in [0, 0.1) is 0 Å². The van der Waals surface area contributed by atoms with Crippen LogP contribution >= 0.6 is 0 Å². The molecule has 16 nitrogen and oxygen atoms in total. The molecular weight excluding hydrogens is 646 g/mol. The van der Waals surface area contributed by atoms with Crippen LogP contribution in [0.15, 0.2) is 0 Å². The molecule has 2 atom stereocenters. The third kappa shape index (κ3) is 38.7. The van der Waals surface area contributed by atoms with E-state index in [1.807, 2.05) is 20.8 Å². The molecule has 1 amide bonds. The Bertz CT molecular complexity index is 995. The van der Waals surface area contributed by atoms with Crippen molar-refractivity contribution in [2.45, 2.75) is 169 Å². The first-order chi connectivity index (χ1) is 22.0. The molecule has 0 radical (unpaired) electrons. The first-order valence-electron chi connectivity index (χ1n) is 16.2. The number of nitrogens with two attached hydrogens (primary N) is 2. The zero-order valence-electron chi connectivity index (χ0n) is 31.6. The van der Waals surface area contributed by atoms with E-state index in [1.165, 1.54) is 0 Å². The minimum Gasteiger partial charge on any atom is -0.480 e. The maximum absolute atomic E-state index is 11.6. The molecule has 49 heavy (non-hydrogen) atoms. The molecule has 288 valence electrons. The first kappa shape index (κ1) is 49.7. The van der Waals surface area contributed by atoms with Crippen LogP contribution in [0.2, 0.25) is 0 Å². The number of aliphatic carboxylic acids is 2. The van der Waals surface area contributed by atoms with E-state index in [4.69, 9.17) is 40.6 Å². The zero-order chi connectivity index (χ0) is 39.2. The highest BCUT2D eigenvalue weighted by Gasteiger charge is 2.25. The van der Waals surface area contributed by atoms with Gasteiger partial charge in [0.25, 0.3) is 0 Å². The fraction of sp³-hybridized carbons (Fsp3) is 0.818. The van der Waals surface area contributed by atoms with Crippen LogP contribution in [0.25, 0.3) is 0 Å². The second kappa shape index (κ2) is 23.7. The first-order valence-corrected chi connectivity index (χ1v) is 16.2. The van der Waals surface area contributed by atoms with Crippen molar-refractivity contribution < 1.29 is 62.7 Å². The van der Waals surface area contributed by atoms with E-state index in [-0.39, 0.29) is 12.4 Å². The summed E-state index contributed by atoms with van der Waals surface area (Å²) in [6.45, 7) is 21.2. The highest BCUT2D eigenvalue weighted by molar-refractivity contribution is 5.80. The lowest BCUT2D eigenvalue weighted by atomic mass is 10.1. The fourth-order valence-electron chi connectivity index (χ4n) is 3.14. The highest BCUT2D eigenvalue weighted by Crippen LogP contribution is 2.14. The molecule has 0 aliphatic heterocycles. The van der Waals surface area contributed by atoms with Crippen LogP contribution in [-0.4, -0.2) is 87.6 Å². The van der Waals surface area contributed by atoms with Crippen molar-refractivity contribution in [1.29, 1.82) is 0 Å². The van der Waals surface area contributed by atoms with Gasteiger partial charge in [0.05, 0.1) is 0 Å². The van der Waals surface area contributed by atoms with Gasteiger partial charge < -0.3 is 50.7 Å². The van der Waals surface area contributed by atoms with Crippen LogP contribution in [0.4, 0.5) is 14.4 Å². The number of esters is 1. The number of rotatable bonds is 13. The lowest BCUT2D eigenvalue weighted by molar-refractivity contribution is -0.155. The Kier molecular flexibility index (Phi) is 24.0. The predicted molar refractivity (Wildman–Crippen MR) is 182 cm³/mol. The number of nitrogens with one attached hydrogen (secondary N) is 1. The number of carboxylic acids is 2. The molecule has 0 saturated heterocycles. The van der Waals surface area contributed by atoms with Gasteiger partial charge in [0, 0.05) is 6.42 Å². The van der Waals surface area contributed by atoms with Gasteiger partial charge in [-0.05, 0) is 115 Å². The summed E-state index contributed by atoms with van der Waals surface area (Å²) in [7, 11) is 0. The minimum absolute atomic E-state index is 0.260. The van der Waals surface area contributed by atoms with Crippen LogP contribution in [0.5, 0.6) is 0 Å². The second-order valence-corrected chi connectivity index (χ2v) is 15.0. The summed E-state index contributed by atoms with van der Waals surface area (Å²) in [5, 5.41) is 19.8. The van der Waals surface area contributed by atoms with E-state index in [0.717, 1.165) is 12.8 Å². The van der Waals surface area contributed by atoms with Crippen molar-refractivity contribution in [3.8, 4) is 0 Å². The smallest absolute Gasteiger partial charge is 0.480 e. The van der Waals surface area contributed by atoms with Gasteiger partial charge in [0.2, 0.25) is 0 Å². The van der Waals surface area contributed by atoms with Gasteiger partial charge in [0.15, 0.2) is 0 Å². The summed E-state index contributed by atoms with van der Waals surface area (Å²) in [5.74, 6) is -2.30. The summed E-state index contributed by atoms with van der Waals surface area (Å²) in [6, 6.07) is -1.71. The third-order valence-corrected chi connectivity index (χ3v) is 5.01. The topological polar surface area (TPSA) is 253 Å². The molecule has 0 aliphatic rings. The quantitative estimate of drug-likeness (QED) is 0.0669. The number of amides is 1. The molecule has 0 aliphatic carbocycles. The number of unbranched alkanes of at least 4 members (excludes halogenated alkanes) is 3. The molecule has 0 spiro atoms. The maximum atomic E-state index is 11.6.